The summed E-state index contributed by atoms with van der Waals surface area (Å²) < 4.78 is 16.3. The molecule has 1 atom stereocenters. The van der Waals surface area contributed by atoms with Crippen LogP contribution in [0.3, 0.4) is 0 Å². The number of piperazine rings is 1. The van der Waals surface area contributed by atoms with Gasteiger partial charge in [0, 0.05) is 40.3 Å². The Kier molecular flexibility index (Phi) is 6.34. The number of aryl methyl sites for hydroxylation is 2. The third-order valence-electron chi connectivity index (χ3n) is 7.39. The molecular weight excluding hydrogens is 459 g/mol. The number of benzene rings is 2. The molecule has 0 saturated carbocycles. The van der Waals surface area contributed by atoms with Crippen molar-refractivity contribution in [2.45, 2.75) is 26.4 Å². The van der Waals surface area contributed by atoms with Crippen LogP contribution in [0.2, 0.25) is 0 Å². The summed E-state index contributed by atoms with van der Waals surface area (Å²) in [6.07, 6.45) is 0. The largest absolute Gasteiger partial charge is 0.367 e. The predicted octanol–water partition coefficient (Wildman–Crippen LogP) is 2.48. The molecule has 0 radical (unpaired) electrons. The minimum atomic E-state index is -0.632. The highest BCUT2D eigenvalue weighted by Crippen LogP contribution is 2.24. The van der Waals surface area contributed by atoms with E-state index in [-0.39, 0.29) is 17.8 Å². The molecule has 0 aromatic heterocycles. The van der Waals surface area contributed by atoms with Crippen molar-refractivity contribution >= 4 is 29.3 Å². The first-order valence-corrected chi connectivity index (χ1v) is 12.3. The standard InChI is InChI=1S/C27H32FN6O2/c1-18-9-10-19(2)20(15-18)16-34-23(29-25-24(34)26(35)31(4)27(36)30(25)3)17-32-11-13-33(14-12-32)22-8-6-5-7-21(22)28/h5-10,15,24H,11-14,16-17H2,1-4H3/q+1. The second-order valence-corrected chi connectivity index (χ2v) is 9.80. The number of rotatable bonds is 5. The zero-order valence-corrected chi connectivity index (χ0v) is 21.2. The number of hydrogen-bond donors (Lipinski definition) is 0. The summed E-state index contributed by atoms with van der Waals surface area (Å²) in [6.45, 7) is 8.09. The van der Waals surface area contributed by atoms with Gasteiger partial charge in [-0.05, 0) is 42.1 Å². The van der Waals surface area contributed by atoms with Gasteiger partial charge < -0.3 is 4.90 Å². The lowest BCUT2D eigenvalue weighted by Crippen LogP contribution is -2.61. The SMILES string of the molecule is Cc1ccc(C)c(C[N+]2=C(CN3CCN(c4ccccc4F)CC3)N=C3C2C(=O)N(C)C(=O)N3C)c1. The Morgan fingerprint density at radius 2 is 1.72 bits per heavy atom. The number of halogens is 1. The van der Waals surface area contributed by atoms with Crippen LogP contribution in [0.25, 0.3) is 0 Å². The van der Waals surface area contributed by atoms with Crippen molar-refractivity contribution in [2.75, 3.05) is 51.7 Å². The van der Waals surface area contributed by atoms with E-state index in [2.05, 4.69) is 41.8 Å². The number of likely N-dealkylation sites (N-methyl/N-ethyl adjacent to an activating group) is 2. The van der Waals surface area contributed by atoms with E-state index in [1.807, 2.05) is 16.7 Å². The summed E-state index contributed by atoms with van der Waals surface area (Å²) in [7, 11) is 3.19. The number of carbonyl (C=O) groups excluding carboxylic acids is 2. The normalized spacial score (nSPS) is 20.9. The first kappa shape index (κ1) is 24.1. The number of anilines is 1. The molecule has 0 aliphatic carbocycles. The number of nitrogens with zero attached hydrogens (tertiary/aromatic N) is 6. The maximum absolute atomic E-state index is 14.3. The zero-order valence-electron chi connectivity index (χ0n) is 21.2. The van der Waals surface area contributed by atoms with Gasteiger partial charge in [0.2, 0.25) is 0 Å². The molecule has 3 aliphatic rings. The molecule has 3 heterocycles. The van der Waals surface area contributed by atoms with Crippen LogP contribution in [-0.4, -0.2) is 95.7 Å². The molecule has 8 nitrogen and oxygen atoms in total. The molecule has 2 saturated heterocycles. The topological polar surface area (TPSA) is 62.5 Å². The Morgan fingerprint density at radius 3 is 2.44 bits per heavy atom. The van der Waals surface area contributed by atoms with E-state index in [1.54, 1.807) is 13.1 Å². The van der Waals surface area contributed by atoms with Crippen molar-refractivity contribution in [2.24, 2.45) is 4.99 Å². The molecule has 1 unspecified atom stereocenters. The van der Waals surface area contributed by atoms with Crippen LogP contribution in [-0.2, 0) is 11.3 Å². The Bertz CT molecular complexity index is 1280. The Hall–Kier alpha value is -3.59. The number of carbonyl (C=O) groups is 2. The van der Waals surface area contributed by atoms with Gasteiger partial charge in [-0.3, -0.25) is 19.5 Å². The van der Waals surface area contributed by atoms with Gasteiger partial charge in [-0.25, -0.2) is 13.8 Å². The number of fused-ring (bicyclic) bond motifs is 1. The molecule has 5 rings (SSSR count). The van der Waals surface area contributed by atoms with E-state index in [1.165, 1.54) is 22.9 Å². The molecule has 188 valence electrons. The number of hydrogen-bond acceptors (Lipinski definition) is 5. The highest BCUT2D eigenvalue weighted by atomic mass is 19.1. The van der Waals surface area contributed by atoms with E-state index >= 15 is 0 Å². The minimum absolute atomic E-state index is 0.207. The van der Waals surface area contributed by atoms with Crippen LogP contribution in [0, 0.1) is 19.7 Å². The fourth-order valence-electron chi connectivity index (χ4n) is 5.17. The summed E-state index contributed by atoms with van der Waals surface area (Å²) in [6, 6.07) is 12.2. The second-order valence-electron chi connectivity index (χ2n) is 9.80. The van der Waals surface area contributed by atoms with Crippen molar-refractivity contribution < 1.29 is 18.6 Å². The predicted molar refractivity (Wildman–Crippen MR) is 137 cm³/mol. The van der Waals surface area contributed by atoms with Gasteiger partial charge in [0.15, 0.2) is 0 Å². The van der Waals surface area contributed by atoms with Crippen LogP contribution < -0.4 is 4.90 Å². The van der Waals surface area contributed by atoms with Gasteiger partial charge in [-0.2, -0.15) is 0 Å². The van der Waals surface area contributed by atoms with Crippen LogP contribution in [0.1, 0.15) is 16.7 Å². The van der Waals surface area contributed by atoms with E-state index in [0.717, 1.165) is 35.6 Å². The molecule has 2 fully saturated rings. The minimum Gasteiger partial charge on any atom is -0.367 e. The van der Waals surface area contributed by atoms with E-state index in [9.17, 15) is 14.0 Å². The smallest absolute Gasteiger partial charge is 0.333 e. The lowest BCUT2D eigenvalue weighted by atomic mass is 10.0. The summed E-state index contributed by atoms with van der Waals surface area (Å²) in [5.41, 5.74) is 4.06. The third kappa shape index (κ3) is 4.28. The summed E-state index contributed by atoms with van der Waals surface area (Å²) in [4.78, 5) is 37.7. The van der Waals surface area contributed by atoms with Crippen molar-refractivity contribution in [3.63, 3.8) is 0 Å². The van der Waals surface area contributed by atoms with Crippen LogP contribution >= 0.6 is 0 Å². The van der Waals surface area contributed by atoms with Crippen LogP contribution in [0.5, 0.6) is 0 Å². The van der Waals surface area contributed by atoms with E-state index < -0.39 is 6.04 Å². The monoisotopic (exact) mass is 491 g/mol. The van der Waals surface area contributed by atoms with E-state index in [4.69, 9.17) is 4.99 Å². The molecule has 36 heavy (non-hydrogen) atoms. The van der Waals surface area contributed by atoms with Gasteiger partial charge >= 0.3 is 11.9 Å². The Morgan fingerprint density at radius 1 is 1.00 bits per heavy atom. The fraction of sp³-hybridized carbons (Fsp3) is 0.407. The number of amides is 3. The van der Waals surface area contributed by atoms with Gasteiger partial charge in [0.1, 0.15) is 18.9 Å². The first-order valence-electron chi connectivity index (χ1n) is 12.3. The van der Waals surface area contributed by atoms with Crippen LogP contribution in [0.15, 0.2) is 47.5 Å². The van der Waals surface area contributed by atoms with E-state index in [0.29, 0.717) is 37.7 Å². The second kappa shape index (κ2) is 9.46. The lowest BCUT2D eigenvalue weighted by Gasteiger charge is -2.35. The number of para-hydroxylation sites is 1. The molecule has 3 aliphatic heterocycles. The van der Waals surface area contributed by atoms with Gasteiger partial charge in [0.05, 0.1) is 5.69 Å². The lowest BCUT2D eigenvalue weighted by molar-refractivity contribution is -0.552. The Balaban J connectivity index is 1.42. The van der Waals surface area contributed by atoms with Crippen LogP contribution in [0.4, 0.5) is 14.9 Å². The zero-order chi connectivity index (χ0) is 25.6. The number of imide groups is 1. The molecule has 0 N–H and O–H groups in total. The maximum atomic E-state index is 14.3. The average molecular weight is 492 g/mol. The number of urea groups is 1. The Labute approximate surface area is 210 Å². The van der Waals surface area contributed by atoms with Crippen molar-refractivity contribution in [1.82, 2.24) is 14.7 Å². The molecule has 2 aromatic rings. The highest BCUT2D eigenvalue weighted by Gasteiger charge is 2.53. The molecule has 2 aromatic carbocycles. The summed E-state index contributed by atoms with van der Waals surface area (Å²) in [5.74, 6) is 0.787. The quantitative estimate of drug-likeness (QED) is 0.603. The van der Waals surface area contributed by atoms with Crippen molar-refractivity contribution in [3.8, 4) is 0 Å². The number of aliphatic imine (C=N–C) groups is 1. The van der Waals surface area contributed by atoms with Gasteiger partial charge in [0.25, 0.3) is 17.8 Å². The fourth-order valence-corrected chi connectivity index (χ4v) is 5.17. The highest BCUT2D eigenvalue weighted by molar-refractivity contribution is 6.23. The average Bonchev–Trinajstić information content (AvgIpc) is 3.22. The van der Waals surface area contributed by atoms with Crippen molar-refractivity contribution in [1.29, 1.82) is 0 Å². The molecule has 0 bridgehead atoms. The number of amidine groups is 2. The molecule has 0 spiro atoms. The van der Waals surface area contributed by atoms with Gasteiger partial charge in [-0.1, -0.05) is 35.9 Å². The molecule has 9 heteroatoms. The first-order chi connectivity index (χ1) is 17.2. The molecular formula is C27H32FN6O2+. The molecule has 3 amide bonds. The van der Waals surface area contributed by atoms with Gasteiger partial charge in [-0.15, -0.1) is 0 Å². The third-order valence-corrected chi connectivity index (χ3v) is 7.39. The summed E-state index contributed by atoms with van der Waals surface area (Å²) >= 11 is 0. The maximum Gasteiger partial charge on any atom is 0.333 e. The van der Waals surface area contributed by atoms with Crippen molar-refractivity contribution in [3.05, 3.63) is 65.0 Å². The summed E-state index contributed by atoms with van der Waals surface area (Å²) in [5, 5.41) is 0.